The minimum absolute atomic E-state index is 0.0692. The maximum Gasteiger partial charge on any atom is 0.160 e. The van der Waals surface area contributed by atoms with E-state index in [0.717, 1.165) is 32.4 Å². The topological polar surface area (TPSA) is 39.7 Å². The highest BCUT2D eigenvalue weighted by atomic mass is 16.7. The number of nitrogens with one attached hydrogen (secondary N) is 1. The molecule has 1 N–H and O–H groups in total. The van der Waals surface area contributed by atoms with Crippen LogP contribution in [0.25, 0.3) is 0 Å². The Hall–Kier alpha value is -0.160. The van der Waals surface area contributed by atoms with E-state index < -0.39 is 0 Å². The average molecular weight is 231 g/mol. The minimum Gasteiger partial charge on any atom is -0.378 e. The van der Waals surface area contributed by atoms with Crippen molar-refractivity contribution in [2.45, 2.75) is 45.0 Å². The number of hydrogen-bond acceptors (Lipinski definition) is 4. The van der Waals surface area contributed by atoms with Gasteiger partial charge in [0.15, 0.2) is 6.29 Å². The highest BCUT2D eigenvalue weighted by molar-refractivity contribution is 4.87. The molecule has 1 rings (SSSR count). The molecule has 1 saturated heterocycles. The van der Waals surface area contributed by atoms with Crippen molar-refractivity contribution in [3.05, 3.63) is 0 Å². The van der Waals surface area contributed by atoms with Gasteiger partial charge in [0.1, 0.15) is 0 Å². The molecule has 1 aliphatic heterocycles. The van der Waals surface area contributed by atoms with Crippen LogP contribution in [0, 0.1) is 0 Å². The van der Waals surface area contributed by atoms with Gasteiger partial charge < -0.3 is 19.5 Å². The van der Waals surface area contributed by atoms with Crippen LogP contribution in [0.1, 0.15) is 33.1 Å². The quantitative estimate of drug-likeness (QED) is 0.675. The molecule has 0 aromatic rings. The standard InChI is InChI=1S/C12H25NO3/c1-4-15-11(16-5-2)10-12(14-3)6-8-13-9-7-12/h11,13H,4-10H2,1-3H3. The maximum atomic E-state index is 5.70. The molecule has 16 heavy (non-hydrogen) atoms. The molecule has 0 aliphatic carbocycles. The van der Waals surface area contributed by atoms with Crippen molar-refractivity contribution in [2.24, 2.45) is 0 Å². The van der Waals surface area contributed by atoms with Gasteiger partial charge in [-0.3, -0.25) is 0 Å². The summed E-state index contributed by atoms with van der Waals surface area (Å²) in [6.07, 6.45) is 2.75. The second kappa shape index (κ2) is 7.22. The van der Waals surface area contributed by atoms with Crippen molar-refractivity contribution in [3.8, 4) is 0 Å². The van der Waals surface area contributed by atoms with Crippen molar-refractivity contribution in [1.29, 1.82) is 0 Å². The van der Waals surface area contributed by atoms with Gasteiger partial charge in [0.05, 0.1) is 5.60 Å². The highest BCUT2D eigenvalue weighted by Crippen LogP contribution is 2.29. The summed E-state index contributed by atoms with van der Waals surface area (Å²) < 4.78 is 16.9. The summed E-state index contributed by atoms with van der Waals surface area (Å²) in [6.45, 7) is 7.38. The van der Waals surface area contributed by atoms with Crippen LogP contribution in [0.4, 0.5) is 0 Å². The lowest BCUT2D eigenvalue weighted by Crippen LogP contribution is -2.46. The fourth-order valence-corrected chi connectivity index (χ4v) is 2.22. The molecule has 0 atom stereocenters. The largest absolute Gasteiger partial charge is 0.378 e. The minimum atomic E-state index is -0.131. The molecule has 0 saturated carbocycles. The van der Waals surface area contributed by atoms with Crippen LogP contribution in [0.3, 0.4) is 0 Å². The lowest BCUT2D eigenvalue weighted by molar-refractivity contribution is -0.179. The lowest BCUT2D eigenvalue weighted by Gasteiger charge is -2.38. The third-order valence-electron chi connectivity index (χ3n) is 3.19. The average Bonchev–Trinajstić information content (AvgIpc) is 2.31. The Labute approximate surface area is 98.6 Å². The highest BCUT2D eigenvalue weighted by Gasteiger charge is 2.35. The third kappa shape index (κ3) is 4.01. The monoisotopic (exact) mass is 231 g/mol. The van der Waals surface area contributed by atoms with E-state index in [9.17, 15) is 0 Å². The van der Waals surface area contributed by atoms with Crippen molar-refractivity contribution >= 4 is 0 Å². The summed E-state index contributed by atoms with van der Waals surface area (Å²) in [7, 11) is 1.79. The molecule has 1 fully saturated rings. The number of methoxy groups -OCH3 is 1. The molecule has 0 spiro atoms. The summed E-state index contributed by atoms with van der Waals surface area (Å²) in [6, 6.07) is 0. The zero-order chi connectivity index (χ0) is 11.9. The van der Waals surface area contributed by atoms with Crippen LogP contribution in [0.5, 0.6) is 0 Å². The van der Waals surface area contributed by atoms with Gasteiger partial charge >= 0.3 is 0 Å². The smallest absolute Gasteiger partial charge is 0.160 e. The molecule has 1 aliphatic rings. The number of piperidine rings is 1. The van der Waals surface area contributed by atoms with E-state index in [0.29, 0.717) is 13.2 Å². The Balaban J connectivity index is 2.50. The molecule has 1 heterocycles. The van der Waals surface area contributed by atoms with Crippen molar-refractivity contribution in [2.75, 3.05) is 33.4 Å². The van der Waals surface area contributed by atoms with E-state index in [-0.39, 0.29) is 11.9 Å². The molecule has 96 valence electrons. The summed E-state index contributed by atoms with van der Waals surface area (Å²) >= 11 is 0. The van der Waals surface area contributed by atoms with Crippen molar-refractivity contribution in [1.82, 2.24) is 5.32 Å². The molecule has 0 radical (unpaired) electrons. The molecule has 0 aromatic heterocycles. The first kappa shape index (κ1) is 13.9. The van der Waals surface area contributed by atoms with Gasteiger partial charge in [-0.2, -0.15) is 0 Å². The first-order valence-corrected chi connectivity index (χ1v) is 6.25. The van der Waals surface area contributed by atoms with Gasteiger partial charge in [0.2, 0.25) is 0 Å². The zero-order valence-electron chi connectivity index (χ0n) is 10.8. The molecular formula is C12H25NO3. The van der Waals surface area contributed by atoms with Gasteiger partial charge in [-0.1, -0.05) is 0 Å². The Morgan fingerprint density at radius 1 is 1.12 bits per heavy atom. The molecular weight excluding hydrogens is 206 g/mol. The number of ether oxygens (including phenoxy) is 3. The van der Waals surface area contributed by atoms with E-state index in [4.69, 9.17) is 14.2 Å². The molecule has 0 amide bonds. The second-order valence-electron chi connectivity index (χ2n) is 4.18. The van der Waals surface area contributed by atoms with Crippen LogP contribution in [-0.2, 0) is 14.2 Å². The van der Waals surface area contributed by atoms with Crippen LogP contribution >= 0.6 is 0 Å². The second-order valence-corrected chi connectivity index (χ2v) is 4.18. The Morgan fingerprint density at radius 3 is 2.12 bits per heavy atom. The SMILES string of the molecule is CCOC(CC1(OC)CCNCC1)OCC. The summed E-state index contributed by atoms with van der Waals surface area (Å²) in [4.78, 5) is 0. The summed E-state index contributed by atoms with van der Waals surface area (Å²) in [5.74, 6) is 0. The van der Waals surface area contributed by atoms with Crippen molar-refractivity contribution in [3.63, 3.8) is 0 Å². The van der Waals surface area contributed by atoms with Crippen LogP contribution in [0.15, 0.2) is 0 Å². The molecule has 0 aromatic carbocycles. The van der Waals surface area contributed by atoms with E-state index in [1.54, 1.807) is 7.11 Å². The van der Waals surface area contributed by atoms with Gasteiger partial charge in [-0.15, -0.1) is 0 Å². The van der Waals surface area contributed by atoms with Crippen LogP contribution < -0.4 is 5.32 Å². The van der Waals surface area contributed by atoms with Gasteiger partial charge in [0, 0.05) is 26.7 Å². The first-order valence-electron chi connectivity index (χ1n) is 6.25. The predicted molar refractivity (Wildman–Crippen MR) is 63.5 cm³/mol. The molecule has 0 bridgehead atoms. The number of hydrogen-bond donors (Lipinski definition) is 1. The lowest BCUT2D eigenvalue weighted by atomic mass is 9.88. The predicted octanol–water partition coefficient (Wildman–Crippen LogP) is 1.54. The zero-order valence-corrected chi connectivity index (χ0v) is 10.8. The normalized spacial score (nSPS) is 20.2. The number of rotatable bonds is 7. The maximum absolute atomic E-state index is 5.70. The fourth-order valence-electron chi connectivity index (χ4n) is 2.22. The summed E-state index contributed by atoms with van der Waals surface area (Å²) in [5, 5.41) is 3.35. The molecule has 4 heteroatoms. The van der Waals surface area contributed by atoms with E-state index in [2.05, 4.69) is 5.32 Å². The molecule has 0 unspecified atom stereocenters. The fraction of sp³-hybridized carbons (Fsp3) is 1.00. The molecule has 4 nitrogen and oxygen atoms in total. The Morgan fingerprint density at radius 2 is 1.69 bits per heavy atom. The van der Waals surface area contributed by atoms with Gasteiger partial charge in [-0.25, -0.2) is 0 Å². The van der Waals surface area contributed by atoms with Crippen LogP contribution in [0.2, 0.25) is 0 Å². The van der Waals surface area contributed by atoms with Crippen LogP contribution in [-0.4, -0.2) is 45.3 Å². The van der Waals surface area contributed by atoms with Crippen molar-refractivity contribution < 1.29 is 14.2 Å². The summed E-state index contributed by atoms with van der Waals surface area (Å²) in [5.41, 5.74) is -0.0692. The first-order chi connectivity index (χ1) is 7.76. The Kier molecular flexibility index (Phi) is 6.28. The van der Waals surface area contributed by atoms with E-state index in [1.165, 1.54) is 0 Å². The van der Waals surface area contributed by atoms with E-state index in [1.807, 2.05) is 13.8 Å². The Bertz CT molecular complexity index is 175. The van der Waals surface area contributed by atoms with Gasteiger partial charge in [-0.05, 0) is 39.8 Å². The third-order valence-corrected chi connectivity index (χ3v) is 3.19. The van der Waals surface area contributed by atoms with E-state index >= 15 is 0 Å². The van der Waals surface area contributed by atoms with Gasteiger partial charge in [0.25, 0.3) is 0 Å².